The lowest BCUT2D eigenvalue weighted by Crippen LogP contribution is -2.37. The molecule has 0 amide bonds. The summed E-state index contributed by atoms with van der Waals surface area (Å²) in [6, 6.07) is 7.75. The van der Waals surface area contributed by atoms with Gasteiger partial charge in [0, 0.05) is 55.8 Å². The number of methoxy groups -OCH3 is 1. The Kier molecular flexibility index (Phi) is 5.33. The van der Waals surface area contributed by atoms with Gasteiger partial charge >= 0.3 is 0 Å². The number of aromatic nitrogens is 6. The summed E-state index contributed by atoms with van der Waals surface area (Å²) >= 11 is 0. The number of anilines is 1. The molecule has 4 aromatic rings. The zero-order valence-electron chi connectivity index (χ0n) is 17.1. The summed E-state index contributed by atoms with van der Waals surface area (Å²) in [4.78, 5) is 18.9. The molecule has 1 fully saturated rings. The molecule has 0 aromatic carbocycles. The molecule has 10 heteroatoms. The molecule has 31 heavy (non-hydrogen) atoms. The first-order valence-corrected chi connectivity index (χ1v) is 10.1. The highest BCUT2D eigenvalue weighted by atomic mass is 16.5. The fraction of sp³-hybridized carbons (Fsp3) is 0.333. The van der Waals surface area contributed by atoms with Gasteiger partial charge in [0.15, 0.2) is 11.6 Å². The number of aliphatic hydroxyl groups is 1. The number of H-pyrrole nitrogens is 1. The maximum absolute atomic E-state index is 9.70. The van der Waals surface area contributed by atoms with Gasteiger partial charge in [0.1, 0.15) is 17.6 Å². The molecule has 1 aliphatic heterocycles. The Balaban J connectivity index is 1.55. The number of pyridine rings is 1. The van der Waals surface area contributed by atoms with E-state index in [4.69, 9.17) is 14.6 Å². The molecule has 0 spiro atoms. The second-order valence-electron chi connectivity index (χ2n) is 7.20. The van der Waals surface area contributed by atoms with Crippen molar-refractivity contribution >= 4 is 16.9 Å². The van der Waals surface area contributed by atoms with Crippen molar-refractivity contribution < 1.29 is 14.6 Å². The first kappa shape index (κ1) is 19.6. The molecule has 1 unspecified atom stereocenters. The van der Waals surface area contributed by atoms with Crippen molar-refractivity contribution in [2.45, 2.75) is 6.10 Å². The normalized spacial score (nSPS) is 15.5. The van der Waals surface area contributed by atoms with Gasteiger partial charge in [-0.2, -0.15) is 5.10 Å². The van der Waals surface area contributed by atoms with Crippen LogP contribution in [-0.4, -0.2) is 74.8 Å². The average Bonchev–Trinajstić information content (AvgIpc) is 3.48. The Bertz CT molecular complexity index is 1180. The van der Waals surface area contributed by atoms with E-state index in [0.717, 1.165) is 41.2 Å². The van der Waals surface area contributed by atoms with Crippen LogP contribution in [0, 0.1) is 0 Å². The summed E-state index contributed by atoms with van der Waals surface area (Å²) in [7, 11) is 1.53. The third kappa shape index (κ3) is 3.76. The number of aliphatic hydroxyl groups excluding tert-OH is 1. The number of nitrogens with zero attached hydrogens (tertiary/aromatic N) is 6. The van der Waals surface area contributed by atoms with Gasteiger partial charge in [-0.05, 0) is 18.2 Å². The molecule has 0 aliphatic carbocycles. The summed E-state index contributed by atoms with van der Waals surface area (Å²) in [6.07, 6.45) is 4.90. The Morgan fingerprint density at radius 1 is 1.23 bits per heavy atom. The molecule has 10 nitrogen and oxygen atoms in total. The molecule has 0 bridgehead atoms. The fourth-order valence-corrected chi connectivity index (χ4v) is 3.68. The summed E-state index contributed by atoms with van der Waals surface area (Å²) < 4.78 is 12.5. The van der Waals surface area contributed by atoms with Crippen molar-refractivity contribution in [2.75, 3.05) is 44.9 Å². The summed E-state index contributed by atoms with van der Waals surface area (Å²) in [5.41, 5.74) is 2.59. The van der Waals surface area contributed by atoms with Gasteiger partial charge in [-0.3, -0.25) is 0 Å². The van der Waals surface area contributed by atoms with Crippen molar-refractivity contribution in [3.05, 3.63) is 48.7 Å². The number of ether oxygens (including phenoxy) is 2. The van der Waals surface area contributed by atoms with Crippen LogP contribution in [0.5, 0.6) is 0 Å². The predicted octanol–water partition coefficient (Wildman–Crippen LogP) is 1.72. The summed E-state index contributed by atoms with van der Waals surface area (Å²) in [6.45, 7) is 2.54. The Morgan fingerprint density at radius 3 is 2.87 bits per heavy atom. The first-order valence-electron chi connectivity index (χ1n) is 10.1. The number of nitrogens with one attached hydrogen (secondary N) is 1. The van der Waals surface area contributed by atoms with Gasteiger partial charge in [-0.15, -0.1) is 0 Å². The zero-order valence-corrected chi connectivity index (χ0v) is 17.1. The standard InChI is InChI=1S/C21H23N7O3/c1-30-17(13-29)21-24-18(27-7-9-31-10-8-27)11-19(25-21)28-6-4-16(26-28)15-12-23-20-14(15)3-2-5-22-20/h2-6,11-12,17,29H,7-10,13H2,1H3,(H,22,23). The Labute approximate surface area is 178 Å². The van der Waals surface area contributed by atoms with Crippen LogP contribution in [-0.2, 0) is 9.47 Å². The lowest BCUT2D eigenvalue weighted by molar-refractivity contribution is 0.0422. The van der Waals surface area contributed by atoms with Crippen LogP contribution in [0.2, 0.25) is 0 Å². The second-order valence-corrected chi connectivity index (χ2v) is 7.20. The van der Waals surface area contributed by atoms with E-state index in [1.165, 1.54) is 7.11 Å². The van der Waals surface area contributed by atoms with Gasteiger partial charge in [-0.1, -0.05) is 0 Å². The molecule has 0 radical (unpaired) electrons. The third-order valence-corrected chi connectivity index (χ3v) is 5.34. The lowest BCUT2D eigenvalue weighted by Gasteiger charge is -2.28. The number of morpholine rings is 1. The van der Waals surface area contributed by atoms with Gasteiger partial charge in [0.05, 0.1) is 25.5 Å². The maximum atomic E-state index is 9.70. The Hall–Kier alpha value is -3.34. The predicted molar refractivity (Wildman–Crippen MR) is 114 cm³/mol. The SMILES string of the molecule is COC(CO)c1nc(N2CCOCC2)cc(-n2ccc(-c3c[nH]c4ncccc34)n2)n1. The molecule has 1 atom stereocenters. The van der Waals surface area contributed by atoms with Crippen LogP contribution >= 0.6 is 0 Å². The van der Waals surface area contributed by atoms with Crippen molar-refractivity contribution in [1.29, 1.82) is 0 Å². The number of rotatable bonds is 6. The zero-order chi connectivity index (χ0) is 21.2. The van der Waals surface area contributed by atoms with E-state index in [-0.39, 0.29) is 6.61 Å². The lowest BCUT2D eigenvalue weighted by atomic mass is 10.2. The van der Waals surface area contributed by atoms with Crippen LogP contribution in [0.1, 0.15) is 11.9 Å². The largest absolute Gasteiger partial charge is 0.393 e. The Morgan fingerprint density at radius 2 is 2.06 bits per heavy atom. The van der Waals surface area contributed by atoms with E-state index >= 15 is 0 Å². The van der Waals surface area contributed by atoms with E-state index in [1.807, 2.05) is 36.7 Å². The van der Waals surface area contributed by atoms with Crippen LogP contribution in [0.15, 0.2) is 42.9 Å². The highest BCUT2D eigenvalue weighted by Crippen LogP contribution is 2.27. The molecule has 5 heterocycles. The van der Waals surface area contributed by atoms with Crippen LogP contribution in [0.25, 0.3) is 28.1 Å². The van der Waals surface area contributed by atoms with Gasteiger partial charge in [0.25, 0.3) is 0 Å². The summed E-state index contributed by atoms with van der Waals surface area (Å²) in [5, 5.41) is 15.4. The first-order chi connectivity index (χ1) is 15.3. The van der Waals surface area contributed by atoms with Crippen molar-refractivity contribution in [1.82, 2.24) is 29.7 Å². The monoisotopic (exact) mass is 421 g/mol. The molecule has 0 saturated carbocycles. The molecule has 160 valence electrons. The van der Waals surface area contributed by atoms with E-state index in [1.54, 1.807) is 10.9 Å². The average molecular weight is 421 g/mol. The van der Waals surface area contributed by atoms with Crippen LogP contribution in [0.4, 0.5) is 5.82 Å². The molecule has 2 N–H and O–H groups in total. The second kappa shape index (κ2) is 8.42. The molecule has 5 rings (SSSR count). The van der Waals surface area contributed by atoms with E-state index in [2.05, 4.69) is 24.8 Å². The van der Waals surface area contributed by atoms with E-state index in [0.29, 0.717) is 24.9 Å². The number of aromatic amines is 1. The summed E-state index contributed by atoms with van der Waals surface area (Å²) in [5.74, 6) is 1.77. The smallest absolute Gasteiger partial charge is 0.164 e. The number of hydrogen-bond donors (Lipinski definition) is 2. The third-order valence-electron chi connectivity index (χ3n) is 5.34. The van der Waals surface area contributed by atoms with Gasteiger partial charge < -0.3 is 24.5 Å². The number of hydrogen-bond acceptors (Lipinski definition) is 8. The number of fused-ring (bicyclic) bond motifs is 1. The van der Waals surface area contributed by atoms with E-state index < -0.39 is 6.10 Å². The molecular weight excluding hydrogens is 398 g/mol. The van der Waals surface area contributed by atoms with Crippen molar-refractivity contribution in [3.63, 3.8) is 0 Å². The van der Waals surface area contributed by atoms with Crippen LogP contribution in [0.3, 0.4) is 0 Å². The molecule has 1 aliphatic rings. The quantitative estimate of drug-likeness (QED) is 0.484. The topological polar surface area (TPSA) is 114 Å². The highest BCUT2D eigenvalue weighted by molar-refractivity contribution is 5.92. The van der Waals surface area contributed by atoms with Crippen LogP contribution < -0.4 is 4.90 Å². The van der Waals surface area contributed by atoms with Gasteiger partial charge in [-0.25, -0.2) is 19.6 Å². The van der Waals surface area contributed by atoms with Gasteiger partial charge in [0.2, 0.25) is 0 Å². The minimum absolute atomic E-state index is 0.213. The molecule has 4 aromatic heterocycles. The van der Waals surface area contributed by atoms with Crippen molar-refractivity contribution in [2.24, 2.45) is 0 Å². The van der Waals surface area contributed by atoms with E-state index in [9.17, 15) is 5.11 Å². The molecule has 1 saturated heterocycles. The molecular formula is C21H23N7O3. The minimum Gasteiger partial charge on any atom is -0.393 e. The minimum atomic E-state index is -0.616. The van der Waals surface area contributed by atoms with Crippen molar-refractivity contribution in [3.8, 4) is 17.1 Å². The highest BCUT2D eigenvalue weighted by Gasteiger charge is 2.20. The maximum Gasteiger partial charge on any atom is 0.164 e. The fourth-order valence-electron chi connectivity index (χ4n) is 3.68.